The van der Waals surface area contributed by atoms with E-state index in [1.807, 2.05) is 93.6 Å². The van der Waals surface area contributed by atoms with Crippen LogP contribution in [0.4, 0.5) is 0 Å². The smallest absolute Gasteiger partial charge is 0.265 e. The van der Waals surface area contributed by atoms with Gasteiger partial charge in [-0.3, -0.25) is 13.6 Å². The highest BCUT2D eigenvalue weighted by Crippen LogP contribution is 2.67. The van der Waals surface area contributed by atoms with Crippen molar-refractivity contribution in [1.29, 1.82) is 0 Å². The summed E-state index contributed by atoms with van der Waals surface area (Å²) < 4.78 is 18.5. The van der Waals surface area contributed by atoms with E-state index < -0.39 is 5.59 Å². The molecule has 0 fully saturated rings. The summed E-state index contributed by atoms with van der Waals surface area (Å²) in [7, 11) is 0. The Labute approximate surface area is 168 Å². The topological polar surface area (TPSA) is 27.7 Å². The Bertz CT molecular complexity index is 730. The Morgan fingerprint density at radius 2 is 0.731 bits per heavy atom. The fourth-order valence-electron chi connectivity index (χ4n) is 2.23. The third-order valence-corrected chi connectivity index (χ3v) is 6.77. The first-order valence-corrected chi connectivity index (χ1v) is 12.6. The van der Waals surface area contributed by atoms with Gasteiger partial charge >= 0.3 is 5.59 Å². The molecule has 0 unspecified atom stereocenters. The molecule has 3 aromatic carbocycles. The molecule has 0 spiro atoms. The van der Waals surface area contributed by atoms with Crippen LogP contribution in [0.2, 0.25) is 0 Å². The second-order valence-electron chi connectivity index (χ2n) is 6.14. The summed E-state index contributed by atoms with van der Waals surface area (Å²) in [5, 5.41) is 0. The minimum Gasteiger partial charge on any atom is -0.265 e. The van der Waals surface area contributed by atoms with Crippen LogP contribution in [0.1, 0.15) is 16.7 Å². The van der Waals surface area contributed by atoms with Crippen LogP contribution >= 0.6 is 27.6 Å². The van der Waals surface area contributed by atoms with Crippen LogP contribution < -0.4 is 13.6 Å². The molecule has 0 radical (unpaired) electrons. The standard InChI is InChI=1S/C21H21IO3P/c1-16-4-10-19(11-5-16)23-26(22,24-20-12-6-17(2)7-13-20)25-21-14-8-18(3)9-15-21/h4-15H,1-3H3/q+1. The van der Waals surface area contributed by atoms with Crippen molar-refractivity contribution in [3.63, 3.8) is 0 Å². The third-order valence-electron chi connectivity index (χ3n) is 3.71. The van der Waals surface area contributed by atoms with Crippen LogP contribution in [-0.4, -0.2) is 0 Å². The van der Waals surface area contributed by atoms with Crippen molar-refractivity contribution in [2.45, 2.75) is 20.8 Å². The van der Waals surface area contributed by atoms with Gasteiger partial charge in [0.15, 0.2) is 17.2 Å². The highest BCUT2D eigenvalue weighted by Gasteiger charge is 2.48. The highest BCUT2D eigenvalue weighted by atomic mass is 127. The molecule has 0 aliphatic heterocycles. The predicted octanol–water partition coefficient (Wildman–Crippen LogP) is 7.26. The number of hydrogen-bond acceptors (Lipinski definition) is 3. The lowest BCUT2D eigenvalue weighted by Crippen LogP contribution is -2.09. The van der Waals surface area contributed by atoms with E-state index in [0.29, 0.717) is 0 Å². The minimum absolute atomic E-state index is 0.720. The van der Waals surface area contributed by atoms with Crippen LogP contribution in [0.15, 0.2) is 72.8 Å². The van der Waals surface area contributed by atoms with Gasteiger partial charge in [-0.2, -0.15) is 0 Å². The van der Waals surface area contributed by atoms with Crippen molar-refractivity contribution in [3.8, 4) is 17.2 Å². The molecule has 0 atom stereocenters. The lowest BCUT2D eigenvalue weighted by molar-refractivity contribution is 0.384. The quantitative estimate of drug-likeness (QED) is 0.275. The van der Waals surface area contributed by atoms with E-state index in [-0.39, 0.29) is 0 Å². The van der Waals surface area contributed by atoms with E-state index in [1.165, 1.54) is 16.7 Å². The number of rotatable bonds is 6. The lowest BCUT2D eigenvalue weighted by Gasteiger charge is -2.17. The molecule has 0 heterocycles. The first-order chi connectivity index (χ1) is 12.4. The molecule has 0 saturated heterocycles. The van der Waals surface area contributed by atoms with E-state index in [2.05, 4.69) is 22.0 Å². The second kappa shape index (κ2) is 8.28. The van der Waals surface area contributed by atoms with E-state index in [0.717, 1.165) is 17.2 Å². The molecule has 134 valence electrons. The summed E-state index contributed by atoms with van der Waals surface area (Å²) in [6.45, 7) is 6.13. The average molecular weight is 479 g/mol. The Morgan fingerprint density at radius 1 is 0.500 bits per heavy atom. The van der Waals surface area contributed by atoms with E-state index in [4.69, 9.17) is 13.6 Å². The van der Waals surface area contributed by atoms with Crippen molar-refractivity contribution in [2.75, 3.05) is 0 Å². The molecule has 0 aliphatic carbocycles. The maximum atomic E-state index is 6.18. The minimum atomic E-state index is -2.71. The monoisotopic (exact) mass is 479 g/mol. The summed E-state index contributed by atoms with van der Waals surface area (Å²) in [5.74, 6) is 2.16. The van der Waals surface area contributed by atoms with Gasteiger partial charge in [-0.05, 0) is 57.2 Å². The summed E-state index contributed by atoms with van der Waals surface area (Å²) in [4.78, 5) is 0. The van der Waals surface area contributed by atoms with Crippen LogP contribution in [0, 0.1) is 20.8 Å². The molecular formula is C21H21IO3P+. The third kappa shape index (κ3) is 5.36. The second-order valence-corrected chi connectivity index (χ2v) is 11.1. The molecule has 3 rings (SSSR count). The zero-order valence-corrected chi connectivity index (χ0v) is 18.0. The zero-order chi connectivity index (χ0) is 18.6. The molecule has 0 aliphatic rings. The Kier molecular flexibility index (Phi) is 6.05. The van der Waals surface area contributed by atoms with Gasteiger partial charge in [-0.1, -0.05) is 53.1 Å². The molecule has 5 heteroatoms. The number of halogens is 1. The van der Waals surface area contributed by atoms with Crippen LogP contribution in [0.3, 0.4) is 0 Å². The van der Waals surface area contributed by atoms with Gasteiger partial charge in [0.25, 0.3) is 22.0 Å². The molecule has 0 saturated carbocycles. The summed E-state index contributed by atoms with van der Waals surface area (Å²) in [5.41, 5.74) is 0.814. The maximum Gasteiger partial charge on any atom is 0.607 e. The van der Waals surface area contributed by atoms with Gasteiger partial charge in [0.1, 0.15) is 0 Å². The maximum absolute atomic E-state index is 6.18. The molecule has 0 amide bonds. The molecular weight excluding hydrogens is 458 g/mol. The molecule has 0 aromatic heterocycles. The highest BCUT2D eigenvalue weighted by molar-refractivity contribution is 14.2. The van der Waals surface area contributed by atoms with Crippen molar-refractivity contribution in [1.82, 2.24) is 0 Å². The van der Waals surface area contributed by atoms with E-state index >= 15 is 0 Å². The van der Waals surface area contributed by atoms with Gasteiger partial charge < -0.3 is 0 Å². The normalized spacial score (nSPS) is 11.1. The van der Waals surface area contributed by atoms with Crippen LogP contribution in [-0.2, 0) is 0 Å². The SMILES string of the molecule is Cc1ccc(O[P+](I)(Oc2ccc(C)cc2)Oc2ccc(C)cc2)cc1. The molecule has 3 nitrogen and oxygen atoms in total. The molecule has 3 aromatic rings. The molecule has 26 heavy (non-hydrogen) atoms. The van der Waals surface area contributed by atoms with Crippen LogP contribution in [0.25, 0.3) is 0 Å². The fraction of sp³-hybridized carbons (Fsp3) is 0.143. The molecule has 0 bridgehead atoms. The zero-order valence-electron chi connectivity index (χ0n) is 15.0. The first kappa shape index (κ1) is 19.0. The average Bonchev–Trinajstić information content (AvgIpc) is 2.61. The van der Waals surface area contributed by atoms with Crippen molar-refractivity contribution in [3.05, 3.63) is 89.5 Å². The number of hydrogen-bond donors (Lipinski definition) is 0. The van der Waals surface area contributed by atoms with Gasteiger partial charge in [0.2, 0.25) is 0 Å². The van der Waals surface area contributed by atoms with Crippen molar-refractivity contribution < 1.29 is 13.6 Å². The number of benzene rings is 3. The Hall–Kier alpha value is -1.78. The van der Waals surface area contributed by atoms with Crippen LogP contribution in [0.5, 0.6) is 17.2 Å². The largest absolute Gasteiger partial charge is 0.607 e. The summed E-state index contributed by atoms with van der Waals surface area (Å²) in [6.07, 6.45) is 0. The first-order valence-electron chi connectivity index (χ1n) is 8.29. The van der Waals surface area contributed by atoms with E-state index in [9.17, 15) is 0 Å². The predicted molar refractivity (Wildman–Crippen MR) is 116 cm³/mol. The van der Waals surface area contributed by atoms with Gasteiger partial charge in [-0.15, -0.1) is 0 Å². The number of aryl methyl sites for hydroxylation is 3. The molecule has 0 N–H and O–H groups in total. The van der Waals surface area contributed by atoms with Crippen molar-refractivity contribution >= 4 is 27.6 Å². The van der Waals surface area contributed by atoms with E-state index in [1.54, 1.807) is 0 Å². The fourth-order valence-corrected chi connectivity index (χ4v) is 5.51. The summed E-state index contributed by atoms with van der Waals surface area (Å²) in [6, 6.07) is 23.6. The van der Waals surface area contributed by atoms with Gasteiger partial charge in [-0.25, -0.2) is 0 Å². The van der Waals surface area contributed by atoms with Gasteiger partial charge in [0.05, 0.1) is 0 Å². The lowest BCUT2D eigenvalue weighted by atomic mass is 10.2. The Morgan fingerprint density at radius 3 is 0.962 bits per heavy atom. The summed E-state index contributed by atoms with van der Waals surface area (Å²) >= 11 is 2.16. The Balaban J connectivity index is 1.86. The van der Waals surface area contributed by atoms with Crippen molar-refractivity contribution in [2.24, 2.45) is 0 Å². The van der Waals surface area contributed by atoms with Gasteiger partial charge in [0, 0.05) is 0 Å².